The van der Waals surface area contributed by atoms with Crippen molar-refractivity contribution in [3.05, 3.63) is 24.5 Å². The van der Waals surface area contributed by atoms with Gasteiger partial charge in [0.25, 0.3) is 0 Å². The molecule has 1 aromatic heterocycles. The van der Waals surface area contributed by atoms with Crippen LogP contribution in [-0.2, 0) is 9.59 Å². The van der Waals surface area contributed by atoms with Crippen LogP contribution in [0.15, 0.2) is 24.5 Å². The van der Waals surface area contributed by atoms with E-state index in [1.165, 1.54) is 0 Å². The minimum Gasteiger partial charge on any atom is -0.481 e. The minimum absolute atomic E-state index is 0.0406. The minimum atomic E-state index is -0.816. The second-order valence-electron chi connectivity index (χ2n) is 5.62. The number of pyridine rings is 1. The molecule has 1 aliphatic rings. The highest BCUT2D eigenvalue weighted by atomic mass is 16.4. The summed E-state index contributed by atoms with van der Waals surface area (Å²) in [7, 11) is 1.71. The predicted molar refractivity (Wildman–Crippen MR) is 75.4 cm³/mol. The highest BCUT2D eigenvalue weighted by Gasteiger charge is 2.38. The van der Waals surface area contributed by atoms with Gasteiger partial charge in [-0.3, -0.25) is 14.6 Å². The molecule has 0 radical (unpaired) electrons. The molecular formula is C15H20N2O3. The molecule has 0 unspecified atom stereocenters. The fourth-order valence-corrected chi connectivity index (χ4v) is 3.00. The van der Waals surface area contributed by atoms with Crippen LogP contribution >= 0.6 is 0 Å². The van der Waals surface area contributed by atoms with Gasteiger partial charge in [-0.25, -0.2) is 0 Å². The Kier molecular flexibility index (Phi) is 4.37. The molecule has 1 N–H and O–H groups in total. The maximum Gasteiger partial charge on any atom is 0.303 e. The molecule has 20 heavy (non-hydrogen) atoms. The second kappa shape index (κ2) is 6.03. The number of nitrogens with zero attached hydrogens (tertiary/aromatic N) is 2. The molecular weight excluding hydrogens is 256 g/mol. The van der Waals surface area contributed by atoms with Gasteiger partial charge in [0.1, 0.15) is 0 Å². The van der Waals surface area contributed by atoms with Crippen LogP contribution in [0.25, 0.3) is 0 Å². The Morgan fingerprint density at radius 3 is 2.60 bits per heavy atom. The van der Waals surface area contributed by atoms with E-state index in [1.54, 1.807) is 30.4 Å². The van der Waals surface area contributed by atoms with Gasteiger partial charge >= 0.3 is 5.97 Å². The van der Waals surface area contributed by atoms with E-state index < -0.39 is 5.97 Å². The first-order valence-corrected chi connectivity index (χ1v) is 6.91. The predicted octanol–water partition coefficient (Wildman–Crippen LogP) is 2.47. The number of hydrogen-bond donors (Lipinski definition) is 1. The first-order valence-electron chi connectivity index (χ1n) is 6.91. The largest absolute Gasteiger partial charge is 0.481 e. The highest BCUT2D eigenvalue weighted by Crippen LogP contribution is 2.44. The second-order valence-corrected chi connectivity index (χ2v) is 5.62. The molecule has 1 amide bonds. The monoisotopic (exact) mass is 276 g/mol. The Balaban J connectivity index is 2.07. The van der Waals surface area contributed by atoms with Crippen LogP contribution in [0.4, 0.5) is 5.69 Å². The van der Waals surface area contributed by atoms with E-state index in [1.807, 2.05) is 6.07 Å². The molecule has 0 aromatic carbocycles. The fraction of sp³-hybridized carbons (Fsp3) is 0.533. The van der Waals surface area contributed by atoms with Gasteiger partial charge in [0.15, 0.2) is 0 Å². The SMILES string of the molecule is CN(C(=O)CC1(CC(=O)O)CCCC1)c1cccnc1. The summed E-state index contributed by atoms with van der Waals surface area (Å²) >= 11 is 0. The van der Waals surface area contributed by atoms with Crippen molar-refractivity contribution in [2.75, 3.05) is 11.9 Å². The average molecular weight is 276 g/mol. The summed E-state index contributed by atoms with van der Waals surface area (Å²) in [6.07, 6.45) is 7.34. The van der Waals surface area contributed by atoms with Crippen molar-refractivity contribution >= 4 is 17.6 Å². The lowest BCUT2D eigenvalue weighted by molar-refractivity contribution is -0.140. The first-order chi connectivity index (χ1) is 9.52. The molecule has 1 aromatic rings. The summed E-state index contributed by atoms with van der Waals surface area (Å²) in [5.74, 6) is -0.857. The Hall–Kier alpha value is -1.91. The van der Waals surface area contributed by atoms with Crippen molar-refractivity contribution < 1.29 is 14.7 Å². The lowest BCUT2D eigenvalue weighted by Gasteiger charge is -2.28. The summed E-state index contributed by atoms with van der Waals surface area (Å²) in [6.45, 7) is 0. The number of hydrogen-bond acceptors (Lipinski definition) is 3. The smallest absolute Gasteiger partial charge is 0.303 e. The van der Waals surface area contributed by atoms with Gasteiger partial charge < -0.3 is 10.0 Å². The number of carboxylic acids is 1. The van der Waals surface area contributed by atoms with E-state index >= 15 is 0 Å². The van der Waals surface area contributed by atoms with Gasteiger partial charge in [-0.15, -0.1) is 0 Å². The molecule has 1 heterocycles. The summed E-state index contributed by atoms with van der Waals surface area (Å²) in [6, 6.07) is 3.60. The number of aliphatic carboxylic acids is 1. The van der Waals surface area contributed by atoms with Crippen molar-refractivity contribution in [1.82, 2.24) is 4.98 Å². The van der Waals surface area contributed by atoms with Crippen molar-refractivity contribution in [2.24, 2.45) is 5.41 Å². The van der Waals surface area contributed by atoms with Crippen LogP contribution < -0.4 is 4.90 Å². The zero-order chi connectivity index (χ0) is 14.6. The third-order valence-corrected chi connectivity index (χ3v) is 4.12. The van der Waals surface area contributed by atoms with Crippen LogP contribution in [-0.4, -0.2) is 29.0 Å². The molecule has 0 bridgehead atoms. The zero-order valence-electron chi connectivity index (χ0n) is 11.7. The summed E-state index contributed by atoms with van der Waals surface area (Å²) in [4.78, 5) is 29.0. The lowest BCUT2D eigenvalue weighted by Crippen LogP contribution is -2.33. The van der Waals surface area contributed by atoms with Crippen LogP contribution in [0.1, 0.15) is 38.5 Å². The molecule has 2 rings (SSSR count). The summed E-state index contributed by atoms with van der Waals surface area (Å²) in [5, 5.41) is 9.07. The molecule has 0 spiro atoms. The maximum absolute atomic E-state index is 12.4. The van der Waals surface area contributed by atoms with E-state index in [9.17, 15) is 9.59 Å². The number of amides is 1. The molecule has 108 valence electrons. The van der Waals surface area contributed by atoms with E-state index in [0.717, 1.165) is 31.4 Å². The summed E-state index contributed by atoms with van der Waals surface area (Å²) < 4.78 is 0. The number of carbonyl (C=O) groups is 2. The molecule has 5 heteroatoms. The van der Waals surface area contributed by atoms with E-state index in [4.69, 9.17) is 5.11 Å². The van der Waals surface area contributed by atoms with E-state index in [2.05, 4.69) is 4.98 Å². The Morgan fingerprint density at radius 2 is 2.05 bits per heavy atom. The zero-order valence-corrected chi connectivity index (χ0v) is 11.7. The molecule has 0 aliphatic heterocycles. The third-order valence-electron chi connectivity index (χ3n) is 4.12. The normalized spacial score (nSPS) is 16.9. The van der Waals surface area contributed by atoms with Crippen LogP contribution in [0.5, 0.6) is 0 Å². The first kappa shape index (κ1) is 14.5. The van der Waals surface area contributed by atoms with Gasteiger partial charge in [-0.2, -0.15) is 0 Å². The van der Waals surface area contributed by atoms with Gasteiger partial charge in [-0.05, 0) is 30.4 Å². The number of anilines is 1. The lowest BCUT2D eigenvalue weighted by atomic mass is 9.79. The Labute approximate surface area is 118 Å². The Morgan fingerprint density at radius 1 is 1.35 bits per heavy atom. The van der Waals surface area contributed by atoms with Gasteiger partial charge in [-0.1, -0.05) is 12.8 Å². The quantitative estimate of drug-likeness (QED) is 0.896. The average Bonchev–Trinajstić information content (AvgIpc) is 2.86. The summed E-state index contributed by atoms with van der Waals surface area (Å²) in [5.41, 5.74) is 0.375. The topological polar surface area (TPSA) is 70.5 Å². The van der Waals surface area contributed by atoms with Gasteiger partial charge in [0.2, 0.25) is 5.91 Å². The maximum atomic E-state index is 12.4. The van der Waals surface area contributed by atoms with E-state index in [0.29, 0.717) is 6.42 Å². The van der Waals surface area contributed by atoms with Crippen molar-refractivity contribution in [3.8, 4) is 0 Å². The molecule has 1 saturated carbocycles. The van der Waals surface area contributed by atoms with Gasteiger partial charge in [0, 0.05) is 19.7 Å². The molecule has 0 atom stereocenters. The van der Waals surface area contributed by atoms with Crippen LogP contribution in [0.2, 0.25) is 0 Å². The number of rotatable bonds is 5. The van der Waals surface area contributed by atoms with Crippen LogP contribution in [0, 0.1) is 5.41 Å². The standard InChI is InChI=1S/C15H20N2O3/c1-17(12-5-4-8-16-11-12)13(18)9-15(10-14(19)20)6-2-3-7-15/h4-5,8,11H,2-3,6-7,9-10H2,1H3,(H,19,20). The molecule has 1 aliphatic carbocycles. The molecule has 0 saturated heterocycles. The van der Waals surface area contributed by atoms with Crippen molar-refractivity contribution in [1.29, 1.82) is 0 Å². The van der Waals surface area contributed by atoms with Crippen LogP contribution in [0.3, 0.4) is 0 Å². The number of carbonyl (C=O) groups excluding carboxylic acids is 1. The van der Waals surface area contributed by atoms with Crippen molar-refractivity contribution in [2.45, 2.75) is 38.5 Å². The van der Waals surface area contributed by atoms with Crippen molar-refractivity contribution in [3.63, 3.8) is 0 Å². The van der Waals surface area contributed by atoms with E-state index in [-0.39, 0.29) is 17.7 Å². The fourth-order valence-electron chi connectivity index (χ4n) is 3.00. The third kappa shape index (κ3) is 3.35. The molecule has 1 fully saturated rings. The number of carboxylic acid groups (broad SMARTS) is 1. The van der Waals surface area contributed by atoms with Gasteiger partial charge in [0.05, 0.1) is 18.3 Å². The molecule has 5 nitrogen and oxygen atoms in total. The Bertz CT molecular complexity index is 481. The number of aromatic nitrogens is 1. The highest BCUT2D eigenvalue weighted by molar-refractivity contribution is 5.93.